The zero-order valence-electron chi connectivity index (χ0n) is 26.0. The van der Waals surface area contributed by atoms with E-state index >= 15 is 0 Å². The van der Waals surface area contributed by atoms with Crippen molar-refractivity contribution in [2.45, 2.75) is 193 Å². The number of hydrogen-bond acceptors (Lipinski definition) is 4. The quantitative estimate of drug-likeness (QED) is 0.0530. The van der Waals surface area contributed by atoms with Crippen LogP contribution in [0.4, 0.5) is 0 Å². The first-order chi connectivity index (χ1) is 19.1. The standard InChI is InChI=1S/C34H67NO4/c1-3-5-7-9-11-13-15-16-17-19-21-23-25-27-29-33(38)35-31(30-36)34(39)32(37)28-26-24-22-20-18-14-12-10-8-6-4-2/h20,22,31-32,34,36-37,39H,3-19,21,23-30H2,1-2H3,(H,35,38)/b22-20+. The van der Waals surface area contributed by atoms with E-state index in [1.807, 2.05) is 0 Å². The summed E-state index contributed by atoms with van der Waals surface area (Å²) in [4.78, 5) is 12.3. The maximum absolute atomic E-state index is 12.3. The third-order valence-corrected chi connectivity index (χ3v) is 7.87. The summed E-state index contributed by atoms with van der Waals surface area (Å²) >= 11 is 0. The smallest absolute Gasteiger partial charge is 0.220 e. The van der Waals surface area contributed by atoms with Gasteiger partial charge >= 0.3 is 0 Å². The molecule has 4 N–H and O–H groups in total. The molecule has 0 fully saturated rings. The molecule has 3 atom stereocenters. The molecule has 0 spiro atoms. The van der Waals surface area contributed by atoms with Gasteiger partial charge in [0.1, 0.15) is 6.10 Å². The highest BCUT2D eigenvalue weighted by Gasteiger charge is 2.26. The Hall–Kier alpha value is -0.910. The van der Waals surface area contributed by atoms with Crippen molar-refractivity contribution in [1.82, 2.24) is 5.32 Å². The van der Waals surface area contributed by atoms with Crippen molar-refractivity contribution < 1.29 is 20.1 Å². The molecule has 0 rings (SSSR count). The third-order valence-electron chi connectivity index (χ3n) is 7.87. The van der Waals surface area contributed by atoms with Gasteiger partial charge in [-0.2, -0.15) is 0 Å². The zero-order valence-corrected chi connectivity index (χ0v) is 26.0. The van der Waals surface area contributed by atoms with Gasteiger partial charge in [-0.25, -0.2) is 0 Å². The Morgan fingerprint density at radius 2 is 1.03 bits per heavy atom. The number of allylic oxidation sites excluding steroid dienone is 2. The summed E-state index contributed by atoms with van der Waals surface area (Å²) in [6, 6.07) is -0.817. The lowest BCUT2D eigenvalue weighted by Crippen LogP contribution is -2.50. The molecule has 0 radical (unpaired) electrons. The molecule has 0 aliphatic carbocycles. The van der Waals surface area contributed by atoms with Crippen LogP contribution in [0.1, 0.15) is 174 Å². The summed E-state index contributed by atoms with van der Waals surface area (Å²) in [5.74, 6) is -0.156. The van der Waals surface area contributed by atoms with Crippen molar-refractivity contribution in [2.75, 3.05) is 6.61 Å². The molecule has 0 aromatic rings. The number of rotatable bonds is 30. The van der Waals surface area contributed by atoms with Crippen LogP contribution in [0, 0.1) is 0 Å². The van der Waals surface area contributed by atoms with E-state index in [1.54, 1.807) is 0 Å². The first-order valence-corrected chi connectivity index (χ1v) is 17.0. The lowest BCUT2D eigenvalue weighted by atomic mass is 10.0. The van der Waals surface area contributed by atoms with Gasteiger partial charge in [0, 0.05) is 6.42 Å². The van der Waals surface area contributed by atoms with Crippen molar-refractivity contribution in [3.8, 4) is 0 Å². The highest BCUT2D eigenvalue weighted by molar-refractivity contribution is 5.76. The van der Waals surface area contributed by atoms with E-state index < -0.39 is 18.2 Å². The molecule has 0 aliphatic heterocycles. The maximum atomic E-state index is 12.3. The fourth-order valence-electron chi connectivity index (χ4n) is 5.16. The van der Waals surface area contributed by atoms with Gasteiger partial charge in [-0.1, -0.05) is 142 Å². The van der Waals surface area contributed by atoms with Crippen LogP contribution < -0.4 is 5.32 Å². The Morgan fingerprint density at radius 3 is 1.49 bits per heavy atom. The predicted octanol–water partition coefficient (Wildman–Crippen LogP) is 8.53. The molecule has 5 heteroatoms. The highest BCUT2D eigenvalue weighted by atomic mass is 16.3. The lowest BCUT2D eigenvalue weighted by Gasteiger charge is -2.26. The molecule has 0 saturated carbocycles. The van der Waals surface area contributed by atoms with E-state index in [2.05, 4.69) is 31.3 Å². The van der Waals surface area contributed by atoms with E-state index in [9.17, 15) is 20.1 Å². The number of nitrogens with one attached hydrogen (secondary N) is 1. The van der Waals surface area contributed by atoms with Crippen molar-refractivity contribution in [2.24, 2.45) is 0 Å². The molecule has 232 valence electrons. The van der Waals surface area contributed by atoms with Crippen molar-refractivity contribution in [3.63, 3.8) is 0 Å². The molecular formula is C34H67NO4. The molecule has 0 heterocycles. The minimum absolute atomic E-state index is 0.156. The van der Waals surface area contributed by atoms with Gasteiger partial charge in [-0.15, -0.1) is 0 Å². The maximum Gasteiger partial charge on any atom is 0.220 e. The second kappa shape index (κ2) is 30.1. The molecule has 3 unspecified atom stereocenters. The second-order valence-corrected chi connectivity index (χ2v) is 11.7. The van der Waals surface area contributed by atoms with Crippen LogP contribution in [0.25, 0.3) is 0 Å². The second-order valence-electron chi connectivity index (χ2n) is 11.7. The number of aliphatic hydroxyl groups excluding tert-OH is 3. The molecule has 5 nitrogen and oxygen atoms in total. The van der Waals surface area contributed by atoms with Crippen LogP contribution >= 0.6 is 0 Å². The number of carbonyl (C=O) groups excluding carboxylic acids is 1. The van der Waals surface area contributed by atoms with Crippen LogP contribution in [-0.4, -0.2) is 46.1 Å². The lowest BCUT2D eigenvalue weighted by molar-refractivity contribution is -0.124. The molecule has 0 saturated heterocycles. The van der Waals surface area contributed by atoms with Gasteiger partial charge in [-0.3, -0.25) is 4.79 Å². The van der Waals surface area contributed by atoms with Crippen molar-refractivity contribution >= 4 is 5.91 Å². The van der Waals surface area contributed by atoms with E-state index in [-0.39, 0.29) is 12.5 Å². The van der Waals surface area contributed by atoms with Gasteiger partial charge in [-0.05, 0) is 38.5 Å². The molecule has 0 aromatic carbocycles. The van der Waals surface area contributed by atoms with Gasteiger partial charge in [0.25, 0.3) is 0 Å². The number of aliphatic hydroxyl groups is 3. The largest absolute Gasteiger partial charge is 0.394 e. The topological polar surface area (TPSA) is 89.8 Å². The Morgan fingerprint density at radius 1 is 0.615 bits per heavy atom. The fraction of sp³-hybridized carbons (Fsp3) is 0.912. The summed E-state index contributed by atoms with van der Waals surface area (Å²) in [5, 5.41) is 33.2. The summed E-state index contributed by atoms with van der Waals surface area (Å²) in [7, 11) is 0. The van der Waals surface area contributed by atoms with Gasteiger partial charge < -0.3 is 20.6 Å². The average Bonchev–Trinajstić information content (AvgIpc) is 2.94. The minimum atomic E-state index is -1.15. The predicted molar refractivity (Wildman–Crippen MR) is 167 cm³/mol. The monoisotopic (exact) mass is 554 g/mol. The summed E-state index contributed by atoms with van der Waals surface area (Å²) in [6.45, 7) is 4.13. The summed E-state index contributed by atoms with van der Waals surface area (Å²) in [5.41, 5.74) is 0. The molecule has 0 aromatic heterocycles. The molecule has 1 amide bonds. The van der Waals surface area contributed by atoms with Crippen LogP contribution in [0.5, 0.6) is 0 Å². The van der Waals surface area contributed by atoms with Gasteiger partial charge in [0.05, 0.1) is 18.8 Å². The third kappa shape index (κ3) is 25.8. The van der Waals surface area contributed by atoms with Crippen molar-refractivity contribution in [1.29, 1.82) is 0 Å². The number of unbranched alkanes of at least 4 members (excludes halogenated alkanes) is 20. The Labute approximate surface area is 242 Å². The van der Waals surface area contributed by atoms with Crippen LogP contribution in [-0.2, 0) is 4.79 Å². The SMILES string of the molecule is CCCCCCCC/C=C/CCCC(O)C(O)C(CO)NC(=O)CCCCCCCCCCCCCCCC. The van der Waals surface area contributed by atoms with Crippen molar-refractivity contribution in [3.05, 3.63) is 12.2 Å². The summed E-state index contributed by atoms with van der Waals surface area (Å²) < 4.78 is 0. The average molecular weight is 554 g/mol. The normalized spacial score (nSPS) is 14.1. The van der Waals surface area contributed by atoms with E-state index in [0.717, 1.165) is 38.5 Å². The fourth-order valence-corrected chi connectivity index (χ4v) is 5.16. The summed E-state index contributed by atoms with van der Waals surface area (Å²) in [6.07, 6.45) is 31.6. The molecule has 39 heavy (non-hydrogen) atoms. The van der Waals surface area contributed by atoms with Gasteiger partial charge in [0.15, 0.2) is 0 Å². The Bertz CT molecular complexity index is 539. The van der Waals surface area contributed by atoms with Crippen LogP contribution in [0.2, 0.25) is 0 Å². The first-order valence-electron chi connectivity index (χ1n) is 17.0. The number of hydrogen-bond donors (Lipinski definition) is 4. The number of carbonyl (C=O) groups is 1. The van der Waals surface area contributed by atoms with Crippen LogP contribution in [0.15, 0.2) is 12.2 Å². The van der Waals surface area contributed by atoms with E-state index in [1.165, 1.54) is 109 Å². The number of amides is 1. The minimum Gasteiger partial charge on any atom is -0.394 e. The Kier molecular flexibility index (Phi) is 29.4. The molecule has 0 aliphatic rings. The zero-order chi connectivity index (χ0) is 28.8. The molecule has 0 bridgehead atoms. The highest BCUT2D eigenvalue weighted by Crippen LogP contribution is 2.14. The Balaban J connectivity index is 3.74. The van der Waals surface area contributed by atoms with E-state index in [4.69, 9.17) is 0 Å². The molecular weight excluding hydrogens is 486 g/mol. The van der Waals surface area contributed by atoms with Crippen LogP contribution in [0.3, 0.4) is 0 Å². The van der Waals surface area contributed by atoms with E-state index in [0.29, 0.717) is 12.8 Å². The van der Waals surface area contributed by atoms with Gasteiger partial charge in [0.2, 0.25) is 5.91 Å². The first kappa shape index (κ1) is 38.1.